The lowest BCUT2D eigenvalue weighted by Gasteiger charge is -2.30. The van der Waals surface area contributed by atoms with E-state index in [9.17, 15) is 0 Å². The largest absolute Gasteiger partial charge is 0.468 e. The van der Waals surface area contributed by atoms with Gasteiger partial charge < -0.3 is 4.74 Å². The number of ether oxygens (including phenoxy) is 1. The predicted octanol–water partition coefficient (Wildman–Crippen LogP) is 9.21. The summed E-state index contributed by atoms with van der Waals surface area (Å²) in [5.41, 5.74) is 4.83. The van der Waals surface area contributed by atoms with E-state index in [1.807, 2.05) is 12.3 Å². The quantitative estimate of drug-likeness (QED) is 0.224. The van der Waals surface area contributed by atoms with Gasteiger partial charge in [-0.3, -0.25) is 4.98 Å². The molecular formula is C36H30N2O. The first-order valence-electron chi connectivity index (χ1n) is 13.5. The Morgan fingerprint density at radius 3 is 1.64 bits per heavy atom. The van der Waals surface area contributed by atoms with Gasteiger partial charge in [-0.15, -0.1) is 0 Å². The second kappa shape index (κ2) is 8.51. The van der Waals surface area contributed by atoms with E-state index in [1.54, 1.807) is 0 Å². The Balaban J connectivity index is 1.43. The minimum Gasteiger partial charge on any atom is -0.468 e. The summed E-state index contributed by atoms with van der Waals surface area (Å²) in [5.74, 6) is 0.609. The van der Waals surface area contributed by atoms with E-state index >= 15 is 0 Å². The SMILES string of the molecule is CC1(C)N=C(c2ccc(-c3c4ccccc4c(-c4ccc5ccccc5c4)c4ccccc34)cn2)OC1(C)C. The zero-order valence-corrected chi connectivity index (χ0v) is 22.7. The van der Waals surface area contributed by atoms with Gasteiger partial charge in [-0.05, 0) is 88.8 Å². The average molecular weight is 507 g/mol. The molecule has 0 aliphatic carbocycles. The number of rotatable bonds is 3. The lowest BCUT2D eigenvalue weighted by atomic mass is 9.86. The monoisotopic (exact) mass is 506 g/mol. The molecule has 2 heterocycles. The minimum atomic E-state index is -0.381. The number of hydrogen-bond donors (Lipinski definition) is 0. The minimum absolute atomic E-state index is 0.312. The van der Waals surface area contributed by atoms with Crippen LogP contribution in [0.3, 0.4) is 0 Å². The van der Waals surface area contributed by atoms with Crippen molar-refractivity contribution in [2.75, 3.05) is 0 Å². The third-order valence-corrected chi connectivity index (χ3v) is 8.45. The van der Waals surface area contributed by atoms with Gasteiger partial charge in [-0.25, -0.2) is 4.99 Å². The van der Waals surface area contributed by atoms with Crippen molar-refractivity contribution in [3.05, 3.63) is 115 Å². The molecule has 1 aromatic heterocycles. The Bertz CT molecular complexity index is 1870. The fraction of sp³-hybridized carbons (Fsp3) is 0.167. The first kappa shape index (κ1) is 23.6. The van der Waals surface area contributed by atoms with E-state index in [1.165, 1.54) is 49.0 Å². The predicted molar refractivity (Wildman–Crippen MR) is 163 cm³/mol. The number of fused-ring (bicyclic) bond motifs is 3. The number of pyridine rings is 1. The normalized spacial score (nSPS) is 15.9. The fourth-order valence-corrected chi connectivity index (χ4v) is 5.65. The second-order valence-corrected chi connectivity index (χ2v) is 11.4. The molecule has 0 radical (unpaired) electrons. The van der Waals surface area contributed by atoms with Gasteiger partial charge >= 0.3 is 0 Å². The fourth-order valence-electron chi connectivity index (χ4n) is 5.65. The summed E-state index contributed by atoms with van der Waals surface area (Å²) in [6, 6.07) is 37.0. The number of aromatic nitrogens is 1. The lowest BCUT2D eigenvalue weighted by molar-refractivity contribution is 0.0617. The summed E-state index contributed by atoms with van der Waals surface area (Å²) in [5, 5.41) is 7.39. The third-order valence-electron chi connectivity index (χ3n) is 8.45. The second-order valence-electron chi connectivity index (χ2n) is 11.4. The summed E-state index contributed by atoms with van der Waals surface area (Å²) in [7, 11) is 0. The van der Waals surface area contributed by atoms with Crippen LogP contribution >= 0.6 is 0 Å². The molecule has 7 rings (SSSR count). The first-order valence-corrected chi connectivity index (χ1v) is 13.5. The molecule has 0 N–H and O–H groups in total. The van der Waals surface area contributed by atoms with Crippen LogP contribution in [0.15, 0.2) is 114 Å². The number of benzene rings is 5. The average Bonchev–Trinajstić information content (AvgIpc) is 3.17. The van der Waals surface area contributed by atoms with Gasteiger partial charge in [0, 0.05) is 11.8 Å². The van der Waals surface area contributed by atoms with Crippen LogP contribution < -0.4 is 0 Å². The topological polar surface area (TPSA) is 34.5 Å². The Morgan fingerprint density at radius 1 is 0.564 bits per heavy atom. The zero-order valence-electron chi connectivity index (χ0n) is 22.7. The van der Waals surface area contributed by atoms with Gasteiger partial charge in [0.25, 0.3) is 0 Å². The molecule has 39 heavy (non-hydrogen) atoms. The molecule has 0 atom stereocenters. The highest BCUT2D eigenvalue weighted by Gasteiger charge is 2.45. The van der Waals surface area contributed by atoms with Gasteiger partial charge in [0.05, 0.1) is 5.54 Å². The van der Waals surface area contributed by atoms with Crippen LogP contribution in [-0.2, 0) is 4.74 Å². The summed E-state index contributed by atoms with van der Waals surface area (Å²) in [6.45, 7) is 8.36. The molecule has 0 saturated heterocycles. The molecule has 5 aromatic carbocycles. The highest BCUT2D eigenvalue weighted by atomic mass is 16.5. The molecule has 1 aliphatic rings. The maximum atomic E-state index is 6.22. The van der Waals surface area contributed by atoms with Crippen LogP contribution in [0.5, 0.6) is 0 Å². The van der Waals surface area contributed by atoms with E-state index < -0.39 is 0 Å². The highest BCUT2D eigenvalue weighted by Crippen LogP contribution is 2.44. The molecule has 0 bridgehead atoms. The highest BCUT2D eigenvalue weighted by molar-refractivity contribution is 6.21. The number of aliphatic imine (C=N–C) groups is 1. The molecule has 0 spiro atoms. The van der Waals surface area contributed by atoms with Crippen LogP contribution in [0.4, 0.5) is 0 Å². The lowest BCUT2D eigenvalue weighted by Crippen LogP contribution is -2.41. The van der Waals surface area contributed by atoms with E-state index in [2.05, 4.69) is 125 Å². The summed E-state index contributed by atoms with van der Waals surface area (Å²) in [6.07, 6.45) is 1.96. The molecule has 1 aliphatic heterocycles. The van der Waals surface area contributed by atoms with Crippen LogP contribution in [-0.4, -0.2) is 22.0 Å². The maximum absolute atomic E-state index is 6.22. The van der Waals surface area contributed by atoms with Crippen molar-refractivity contribution >= 4 is 38.2 Å². The van der Waals surface area contributed by atoms with Crippen molar-refractivity contribution < 1.29 is 4.74 Å². The van der Waals surface area contributed by atoms with Crippen molar-refractivity contribution in [3.8, 4) is 22.3 Å². The molecule has 0 unspecified atom stereocenters. The van der Waals surface area contributed by atoms with Crippen LogP contribution in [0.1, 0.15) is 33.4 Å². The smallest absolute Gasteiger partial charge is 0.236 e. The van der Waals surface area contributed by atoms with Crippen molar-refractivity contribution in [3.63, 3.8) is 0 Å². The zero-order chi connectivity index (χ0) is 26.8. The van der Waals surface area contributed by atoms with Crippen molar-refractivity contribution in [2.24, 2.45) is 4.99 Å². The van der Waals surface area contributed by atoms with Gasteiger partial charge in [0.15, 0.2) is 0 Å². The molecule has 6 aromatic rings. The van der Waals surface area contributed by atoms with Gasteiger partial charge in [0.1, 0.15) is 11.3 Å². The summed E-state index contributed by atoms with van der Waals surface area (Å²) < 4.78 is 6.22. The molecule has 3 nitrogen and oxygen atoms in total. The molecule has 3 heteroatoms. The van der Waals surface area contributed by atoms with Crippen molar-refractivity contribution in [1.82, 2.24) is 4.98 Å². The Kier molecular flexibility index (Phi) is 5.15. The Hall–Kier alpha value is -4.50. The van der Waals surface area contributed by atoms with E-state index in [4.69, 9.17) is 14.7 Å². The summed E-state index contributed by atoms with van der Waals surface area (Å²) >= 11 is 0. The van der Waals surface area contributed by atoms with Crippen molar-refractivity contribution in [2.45, 2.75) is 38.8 Å². The maximum Gasteiger partial charge on any atom is 0.236 e. The number of hydrogen-bond acceptors (Lipinski definition) is 3. The van der Waals surface area contributed by atoms with E-state index in [-0.39, 0.29) is 11.1 Å². The Morgan fingerprint density at radius 2 is 1.10 bits per heavy atom. The third kappa shape index (κ3) is 3.72. The molecule has 0 fully saturated rings. The summed E-state index contributed by atoms with van der Waals surface area (Å²) in [4.78, 5) is 9.69. The van der Waals surface area contributed by atoms with Crippen LogP contribution in [0, 0.1) is 0 Å². The van der Waals surface area contributed by atoms with Crippen LogP contribution in [0.25, 0.3) is 54.6 Å². The van der Waals surface area contributed by atoms with Gasteiger partial charge in [-0.1, -0.05) is 91.0 Å². The number of nitrogens with zero attached hydrogens (tertiary/aromatic N) is 2. The molecular weight excluding hydrogens is 476 g/mol. The standard InChI is InChI=1S/C36H30N2O/c1-35(2)36(3,4)39-34(38-35)31-20-19-26(22-37-31)33-29-15-9-7-13-27(29)32(28-14-8-10-16-30(28)33)25-18-17-23-11-5-6-12-24(23)21-25/h5-22H,1-4H3. The van der Waals surface area contributed by atoms with Gasteiger partial charge in [0.2, 0.25) is 5.90 Å². The van der Waals surface area contributed by atoms with E-state index in [0.717, 1.165) is 11.3 Å². The molecule has 190 valence electrons. The molecule has 0 amide bonds. The van der Waals surface area contributed by atoms with E-state index in [0.29, 0.717) is 5.90 Å². The van der Waals surface area contributed by atoms with Gasteiger partial charge in [-0.2, -0.15) is 0 Å². The van der Waals surface area contributed by atoms with Crippen LogP contribution in [0.2, 0.25) is 0 Å². The molecule has 0 saturated carbocycles. The first-order chi connectivity index (χ1) is 18.8. The van der Waals surface area contributed by atoms with Crippen molar-refractivity contribution in [1.29, 1.82) is 0 Å². The Labute approximate surface area is 228 Å².